The lowest BCUT2D eigenvalue weighted by Crippen LogP contribution is -2.22. The van der Waals surface area contributed by atoms with Crippen LogP contribution in [0.5, 0.6) is 0 Å². The van der Waals surface area contributed by atoms with Gasteiger partial charge in [-0.3, -0.25) is 4.68 Å². The van der Waals surface area contributed by atoms with E-state index in [1.54, 1.807) is 12.3 Å². The van der Waals surface area contributed by atoms with E-state index in [2.05, 4.69) is 26.3 Å². The van der Waals surface area contributed by atoms with Crippen LogP contribution in [-0.4, -0.2) is 16.8 Å². The van der Waals surface area contributed by atoms with Crippen LogP contribution in [0.4, 0.5) is 4.39 Å². The van der Waals surface area contributed by atoms with Crippen molar-refractivity contribution in [2.24, 2.45) is 7.05 Å². The monoisotopic (exact) mass is 311 g/mol. The van der Waals surface area contributed by atoms with Gasteiger partial charge in [0.05, 0.1) is 22.4 Å². The van der Waals surface area contributed by atoms with Crippen LogP contribution in [0.3, 0.4) is 0 Å². The van der Waals surface area contributed by atoms with Gasteiger partial charge in [-0.25, -0.2) is 4.39 Å². The quantitative estimate of drug-likeness (QED) is 0.944. The highest BCUT2D eigenvalue weighted by molar-refractivity contribution is 9.10. The van der Waals surface area contributed by atoms with Gasteiger partial charge in [0.2, 0.25) is 0 Å². The number of rotatable bonds is 3. The third kappa shape index (κ3) is 2.33. The molecular weight excluding hydrogens is 297 g/mol. The molecule has 0 radical (unpaired) electrons. The SMILES string of the molecule is CNC(c1ccc(F)cc1C)c1c(Br)cnn1C. The first-order valence-electron chi connectivity index (χ1n) is 5.65. The first kappa shape index (κ1) is 13.2. The van der Waals surface area contributed by atoms with Crippen LogP contribution in [-0.2, 0) is 7.05 Å². The number of benzene rings is 1. The Morgan fingerprint density at radius 1 is 1.44 bits per heavy atom. The zero-order valence-corrected chi connectivity index (χ0v) is 12.1. The van der Waals surface area contributed by atoms with E-state index in [0.717, 1.165) is 21.3 Å². The molecule has 2 aromatic rings. The molecule has 1 aromatic carbocycles. The molecule has 1 N–H and O–H groups in total. The van der Waals surface area contributed by atoms with Crippen molar-refractivity contribution in [2.45, 2.75) is 13.0 Å². The third-order valence-electron chi connectivity index (χ3n) is 3.04. The van der Waals surface area contributed by atoms with Gasteiger partial charge in [-0.2, -0.15) is 5.10 Å². The van der Waals surface area contributed by atoms with Gasteiger partial charge in [0.25, 0.3) is 0 Å². The van der Waals surface area contributed by atoms with Gasteiger partial charge in [-0.05, 0) is 53.2 Å². The van der Waals surface area contributed by atoms with Crippen LogP contribution in [0.25, 0.3) is 0 Å². The zero-order valence-electron chi connectivity index (χ0n) is 10.5. The largest absolute Gasteiger partial charge is 0.308 e. The number of halogens is 2. The summed E-state index contributed by atoms with van der Waals surface area (Å²) in [5, 5.41) is 7.46. The van der Waals surface area contributed by atoms with E-state index in [0.29, 0.717) is 0 Å². The molecule has 0 bridgehead atoms. The molecule has 5 heteroatoms. The highest BCUT2D eigenvalue weighted by Gasteiger charge is 2.20. The number of nitrogens with zero attached hydrogens (tertiary/aromatic N) is 2. The maximum atomic E-state index is 13.2. The Bertz CT molecular complexity index is 546. The summed E-state index contributed by atoms with van der Waals surface area (Å²) in [5.74, 6) is -0.213. The van der Waals surface area contributed by atoms with Gasteiger partial charge in [0.1, 0.15) is 5.82 Å². The highest BCUT2D eigenvalue weighted by Crippen LogP contribution is 2.29. The molecule has 1 unspecified atom stereocenters. The summed E-state index contributed by atoms with van der Waals surface area (Å²) < 4.78 is 15.9. The molecule has 0 fully saturated rings. The normalized spacial score (nSPS) is 12.7. The Balaban J connectivity index is 2.52. The number of hydrogen-bond donors (Lipinski definition) is 1. The molecule has 0 aliphatic rings. The second kappa shape index (κ2) is 5.20. The average Bonchev–Trinajstić information content (AvgIpc) is 2.64. The van der Waals surface area contributed by atoms with Crippen LogP contribution in [0.1, 0.15) is 22.9 Å². The van der Waals surface area contributed by atoms with Gasteiger partial charge in [-0.15, -0.1) is 0 Å². The fourth-order valence-electron chi connectivity index (χ4n) is 2.15. The number of hydrogen-bond acceptors (Lipinski definition) is 2. The Hall–Kier alpha value is -1.20. The van der Waals surface area contributed by atoms with Crippen LogP contribution in [0, 0.1) is 12.7 Å². The van der Waals surface area contributed by atoms with Gasteiger partial charge in [0.15, 0.2) is 0 Å². The van der Waals surface area contributed by atoms with E-state index in [4.69, 9.17) is 0 Å². The van der Waals surface area contributed by atoms with Crippen molar-refractivity contribution in [1.29, 1.82) is 0 Å². The van der Waals surface area contributed by atoms with Crippen molar-refractivity contribution in [3.8, 4) is 0 Å². The Kier molecular flexibility index (Phi) is 3.82. The lowest BCUT2D eigenvalue weighted by molar-refractivity contribution is 0.594. The Morgan fingerprint density at radius 3 is 2.67 bits per heavy atom. The maximum absolute atomic E-state index is 13.2. The minimum absolute atomic E-state index is 0.0209. The first-order valence-corrected chi connectivity index (χ1v) is 6.44. The minimum atomic E-state index is -0.213. The topological polar surface area (TPSA) is 29.9 Å². The second-order valence-corrected chi connectivity index (χ2v) is 5.08. The maximum Gasteiger partial charge on any atom is 0.123 e. The van der Waals surface area contributed by atoms with E-state index >= 15 is 0 Å². The molecular formula is C13H15BrFN3. The first-order chi connectivity index (χ1) is 8.54. The van der Waals surface area contributed by atoms with E-state index in [1.807, 2.05) is 31.8 Å². The van der Waals surface area contributed by atoms with Crippen molar-refractivity contribution in [3.63, 3.8) is 0 Å². The van der Waals surface area contributed by atoms with Crippen molar-refractivity contribution >= 4 is 15.9 Å². The summed E-state index contributed by atoms with van der Waals surface area (Å²) in [6.45, 7) is 1.91. The van der Waals surface area contributed by atoms with Gasteiger partial charge >= 0.3 is 0 Å². The highest BCUT2D eigenvalue weighted by atomic mass is 79.9. The predicted molar refractivity (Wildman–Crippen MR) is 72.9 cm³/mol. The smallest absolute Gasteiger partial charge is 0.123 e. The van der Waals surface area contributed by atoms with Gasteiger partial charge < -0.3 is 5.32 Å². The molecule has 18 heavy (non-hydrogen) atoms. The number of aryl methyl sites for hydroxylation is 2. The molecule has 3 nitrogen and oxygen atoms in total. The van der Waals surface area contributed by atoms with E-state index in [9.17, 15) is 4.39 Å². The Labute approximate surface area is 114 Å². The third-order valence-corrected chi connectivity index (χ3v) is 3.65. The van der Waals surface area contributed by atoms with Crippen molar-refractivity contribution in [3.05, 3.63) is 51.5 Å². The molecule has 2 rings (SSSR count). The zero-order chi connectivity index (χ0) is 13.3. The average molecular weight is 312 g/mol. The van der Waals surface area contributed by atoms with Gasteiger partial charge in [0, 0.05) is 7.05 Å². The second-order valence-electron chi connectivity index (χ2n) is 4.22. The molecule has 1 aromatic heterocycles. The number of nitrogens with one attached hydrogen (secondary N) is 1. The molecule has 0 aliphatic carbocycles. The summed E-state index contributed by atoms with van der Waals surface area (Å²) in [6, 6.07) is 4.82. The summed E-state index contributed by atoms with van der Waals surface area (Å²) >= 11 is 3.50. The van der Waals surface area contributed by atoms with Crippen LogP contribution < -0.4 is 5.32 Å². The standard InChI is InChI=1S/C13H15BrFN3/c1-8-6-9(15)4-5-10(8)12(16-2)13-11(14)7-17-18(13)3/h4-7,12,16H,1-3H3. The van der Waals surface area contributed by atoms with E-state index in [1.165, 1.54) is 6.07 Å². The number of aromatic nitrogens is 2. The lowest BCUT2D eigenvalue weighted by atomic mass is 9.98. The van der Waals surface area contributed by atoms with Crippen molar-refractivity contribution in [2.75, 3.05) is 7.05 Å². The molecule has 1 atom stereocenters. The molecule has 96 valence electrons. The molecule has 0 spiro atoms. The predicted octanol–water partition coefficient (Wildman–Crippen LogP) is 2.94. The van der Waals surface area contributed by atoms with Crippen LogP contribution in [0.2, 0.25) is 0 Å². The van der Waals surface area contributed by atoms with Crippen LogP contribution in [0.15, 0.2) is 28.9 Å². The summed E-state index contributed by atoms with van der Waals surface area (Å²) in [7, 11) is 3.77. The molecule has 0 amide bonds. The summed E-state index contributed by atoms with van der Waals surface area (Å²) in [6.07, 6.45) is 1.76. The van der Waals surface area contributed by atoms with Crippen molar-refractivity contribution < 1.29 is 4.39 Å². The molecule has 0 saturated carbocycles. The summed E-state index contributed by atoms with van der Waals surface area (Å²) in [5.41, 5.74) is 2.98. The lowest BCUT2D eigenvalue weighted by Gasteiger charge is -2.20. The molecule has 1 heterocycles. The summed E-state index contributed by atoms with van der Waals surface area (Å²) in [4.78, 5) is 0. The van der Waals surface area contributed by atoms with Gasteiger partial charge in [-0.1, -0.05) is 6.07 Å². The fourth-order valence-corrected chi connectivity index (χ4v) is 2.72. The minimum Gasteiger partial charge on any atom is -0.308 e. The van der Waals surface area contributed by atoms with E-state index in [-0.39, 0.29) is 11.9 Å². The fraction of sp³-hybridized carbons (Fsp3) is 0.308. The Morgan fingerprint density at radius 2 is 2.17 bits per heavy atom. The molecule has 0 aliphatic heterocycles. The molecule has 0 saturated heterocycles. The van der Waals surface area contributed by atoms with E-state index < -0.39 is 0 Å². The van der Waals surface area contributed by atoms with Crippen LogP contribution >= 0.6 is 15.9 Å². The van der Waals surface area contributed by atoms with Crippen molar-refractivity contribution in [1.82, 2.24) is 15.1 Å².